The van der Waals surface area contributed by atoms with Gasteiger partial charge in [0.25, 0.3) is 0 Å². The summed E-state index contributed by atoms with van der Waals surface area (Å²) >= 11 is 0. The molecule has 8 heteroatoms. The Morgan fingerprint density at radius 2 is 2.06 bits per heavy atom. The molecular formula is C25H25N3O5. The average Bonchev–Trinajstić information content (AvgIpc) is 3.54. The average molecular weight is 447 g/mol. The first-order valence-electron chi connectivity index (χ1n) is 11.0. The number of fused-ring (bicyclic) bond motifs is 1. The van der Waals surface area contributed by atoms with Crippen LogP contribution in [0, 0.1) is 5.92 Å². The number of nitrogens with zero attached hydrogens (tertiary/aromatic N) is 2. The van der Waals surface area contributed by atoms with Crippen LogP contribution in [0.2, 0.25) is 0 Å². The third-order valence-corrected chi connectivity index (χ3v) is 6.06. The standard InChI is InChI=1S/C25H25N3O5/c1-15-9-17-10-16(7-8-21(17)32-15)23-12-19(27-33-23)13-26-25(30)18-11-24(29)28(14-18)20-5-3-4-6-22(20)31-2/h3-8,10,12,15,18H,9,11,13-14H2,1-2H3,(H,26,30)/t15-,18-/m0/s1. The molecule has 8 nitrogen and oxygen atoms in total. The van der Waals surface area contributed by atoms with Gasteiger partial charge in [0.1, 0.15) is 23.3 Å². The third-order valence-electron chi connectivity index (χ3n) is 6.06. The van der Waals surface area contributed by atoms with Crippen LogP contribution in [0.4, 0.5) is 5.69 Å². The van der Waals surface area contributed by atoms with E-state index in [1.165, 1.54) is 0 Å². The number of hydrogen-bond acceptors (Lipinski definition) is 6. The van der Waals surface area contributed by atoms with E-state index in [4.69, 9.17) is 14.0 Å². The monoisotopic (exact) mass is 447 g/mol. The molecule has 170 valence electrons. The minimum absolute atomic E-state index is 0.0988. The van der Waals surface area contributed by atoms with Crippen LogP contribution in [0.5, 0.6) is 11.5 Å². The number of benzene rings is 2. The molecule has 2 aromatic carbocycles. The number of rotatable bonds is 6. The van der Waals surface area contributed by atoms with Crippen molar-refractivity contribution in [1.82, 2.24) is 10.5 Å². The highest BCUT2D eigenvalue weighted by Gasteiger charge is 2.36. The molecule has 2 amide bonds. The Kier molecular flexibility index (Phi) is 5.50. The van der Waals surface area contributed by atoms with E-state index in [1.54, 1.807) is 18.1 Å². The van der Waals surface area contributed by atoms with Crippen molar-refractivity contribution >= 4 is 17.5 Å². The van der Waals surface area contributed by atoms with Gasteiger partial charge in [-0.2, -0.15) is 0 Å². The Labute approximate surface area is 191 Å². The summed E-state index contributed by atoms with van der Waals surface area (Å²) in [6.45, 7) is 2.58. The quantitative estimate of drug-likeness (QED) is 0.623. The molecule has 3 heterocycles. The Bertz CT molecular complexity index is 1200. The van der Waals surface area contributed by atoms with Crippen molar-refractivity contribution in [2.45, 2.75) is 32.4 Å². The zero-order chi connectivity index (χ0) is 22.9. The van der Waals surface area contributed by atoms with Gasteiger partial charge in [-0.3, -0.25) is 9.59 Å². The van der Waals surface area contributed by atoms with Gasteiger partial charge in [0.05, 0.1) is 25.3 Å². The van der Waals surface area contributed by atoms with Crippen molar-refractivity contribution in [3.63, 3.8) is 0 Å². The summed E-state index contributed by atoms with van der Waals surface area (Å²) in [6.07, 6.45) is 1.20. The minimum atomic E-state index is -0.438. The van der Waals surface area contributed by atoms with Crippen molar-refractivity contribution in [1.29, 1.82) is 0 Å². The maximum atomic E-state index is 12.7. The highest BCUT2D eigenvalue weighted by Crippen LogP contribution is 2.34. The Balaban J connectivity index is 1.21. The van der Waals surface area contributed by atoms with Crippen LogP contribution in [0.15, 0.2) is 53.1 Å². The maximum absolute atomic E-state index is 12.7. The first-order chi connectivity index (χ1) is 16.0. The van der Waals surface area contributed by atoms with E-state index in [0.29, 0.717) is 29.4 Å². The Morgan fingerprint density at radius 3 is 2.91 bits per heavy atom. The van der Waals surface area contributed by atoms with Gasteiger partial charge < -0.3 is 24.2 Å². The van der Waals surface area contributed by atoms with E-state index in [-0.39, 0.29) is 30.9 Å². The molecule has 1 N–H and O–H groups in total. The lowest BCUT2D eigenvalue weighted by Gasteiger charge is -2.19. The second kappa shape index (κ2) is 8.61. The van der Waals surface area contributed by atoms with Gasteiger partial charge in [-0.05, 0) is 42.8 Å². The predicted octanol–water partition coefficient (Wildman–Crippen LogP) is 3.34. The molecule has 0 spiro atoms. The lowest BCUT2D eigenvalue weighted by Crippen LogP contribution is -2.32. The summed E-state index contributed by atoms with van der Waals surface area (Å²) in [4.78, 5) is 26.9. The highest BCUT2D eigenvalue weighted by molar-refractivity contribution is 6.01. The van der Waals surface area contributed by atoms with Crippen molar-refractivity contribution < 1.29 is 23.6 Å². The molecule has 0 unspecified atom stereocenters. The zero-order valence-electron chi connectivity index (χ0n) is 18.5. The van der Waals surface area contributed by atoms with E-state index in [2.05, 4.69) is 16.5 Å². The molecule has 0 radical (unpaired) electrons. The third kappa shape index (κ3) is 4.16. The van der Waals surface area contributed by atoms with E-state index in [9.17, 15) is 9.59 Å². The maximum Gasteiger partial charge on any atom is 0.227 e. The summed E-state index contributed by atoms with van der Waals surface area (Å²) in [7, 11) is 1.56. The summed E-state index contributed by atoms with van der Waals surface area (Å²) in [6, 6.07) is 15.1. The summed E-state index contributed by atoms with van der Waals surface area (Å²) in [5.74, 6) is 1.43. The molecule has 0 bridgehead atoms. The molecule has 1 aromatic heterocycles. The van der Waals surface area contributed by atoms with Crippen LogP contribution in [0.3, 0.4) is 0 Å². The van der Waals surface area contributed by atoms with Gasteiger partial charge in [-0.15, -0.1) is 0 Å². The van der Waals surface area contributed by atoms with Crippen molar-refractivity contribution in [2.24, 2.45) is 5.92 Å². The smallest absolute Gasteiger partial charge is 0.227 e. The Morgan fingerprint density at radius 1 is 1.21 bits per heavy atom. The van der Waals surface area contributed by atoms with Gasteiger partial charge in [0.2, 0.25) is 11.8 Å². The molecule has 2 atom stereocenters. The largest absolute Gasteiger partial charge is 0.495 e. The predicted molar refractivity (Wildman–Crippen MR) is 121 cm³/mol. The fraction of sp³-hybridized carbons (Fsp3) is 0.320. The number of para-hydroxylation sites is 2. The van der Waals surface area contributed by atoms with Gasteiger partial charge >= 0.3 is 0 Å². The molecule has 1 saturated heterocycles. The fourth-order valence-corrected chi connectivity index (χ4v) is 4.40. The number of hydrogen-bond donors (Lipinski definition) is 1. The molecular weight excluding hydrogens is 422 g/mol. The number of amides is 2. The van der Waals surface area contributed by atoms with Gasteiger partial charge in [-0.1, -0.05) is 17.3 Å². The van der Waals surface area contributed by atoms with Gasteiger partial charge in [-0.25, -0.2) is 0 Å². The van der Waals surface area contributed by atoms with E-state index in [0.717, 1.165) is 23.3 Å². The van der Waals surface area contributed by atoms with Crippen LogP contribution in [-0.2, 0) is 22.6 Å². The van der Waals surface area contributed by atoms with Crippen LogP contribution < -0.4 is 19.7 Å². The van der Waals surface area contributed by atoms with Crippen molar-refractivity contribution in [2.75, 3.05) is 18.6 Å². The second-order valence-corrected chi connectivity index (χ2v) is 8.43. The molecule has 33 heavy (non-hydrogen) atoms. The molecule has 2 aliphatic rings. The molecule has 0 saturated carbocycles. The molecule has 5 rings (SSSR count). The molecule has 0 aliphatic carbocycles. The number of ether oxygens (including phenoxy) is 2. The topological polar surface area (TPSA) is 93.9 Å². The van der Waals surface area contributed by atoms with E-state index in [1.807, 2.05) is 43.3 Å². The first kappa shape index (κ1) is 21.1. The number of carbonyl (C=O) groups is 2. The molecule has 2 aliphatic heterocycles. The summed E-state index contributed by atoms with van der Waals surface area (Å²) < 4.78 is 16.6. The van der Waals surface area contributed by atoms with Crippen molar-refractivity contribution in [3.8, 4) is 22.8 Å². The number of nitrogens with one attached hydrogen (secondary N) is 1. The van der Waals surface area contributed by atoms with E-state index >= 15 is 0 Å². The van der Waals surface area contributed by atoms with Gasteiger partial charge in [0, 0.05) is 31.0 Å². The van der Waals surface area contributed by atoms with Crippen LogP contribution in [-0.4, -0.2) is 36.7 Å². The number of methoxy groups -OCH3 is 1. The van der Waals surface area contributed by atoms with Crippen LogP contribution >= 0.6 is 0 Å². The second-order valence-electron chi connectivity index (χ2n) is 8.43. The SMILES string of the molecule is COc1ccccc1N1C[C@@H](C(=O)NCc2cc(-c3ccc4c(c3)C[C@H](C)O4)on2)CC1=O. The number of carbonyl (C=O) groups excluding carboxylic acids is 2. The summed E-state index contributed by atoms with van der Waals surface area (Å²) in [5, 5.41) is 6.97. The molecule has 3 aromatic rings. The molecule has 1 fully saturated rings. The van der Waals surface area contributed by atoms with E-state index < -0.39 is 5.92 Å². The van der Waals surface area contributed by atoms with Crippen LogP contribution in [0.1, 0.15) is 24.6 Å². The number of aromatic nitrogens is 1. The Hall–Kier alpha value is -3.81. The van der Waals surface area contributed by atoms with Gasteiger partial charge in [0.15, 0.2) is 5.76 Å². The highest BCUT2D eigenvalue weighted by atomic mass is 16.5. The zero-order valence-corrected chi connectivity index (χ0v) is 18.5. The fourth-order valence-electron chi connectivity index (χ4n) is 4.40. The normalized spacial score (nSPS) is 19.3. The number of anilines is 1. The summed E-state index contributed by atoms with van der Waals surface area (Å²) in [5.41, 5.74) is 3.37. The van der Waals surface area contributed by atoms with Crippen LogP contribution in [0.25, 0.3) is 11.3 Å². The lowest BCUT2D eigenvalue weighted by atomic mass is 10.1. The first-order valence-corrected chi connectivity index (χ1v) is 11.0. The lowest BCUT2D eigenvalue weighted by molar-refractivity contribution is -0.126. The van der Waals surface area contributed by atoms with Crippen molar-refractivity contribution in [3.05, 3.63) is 59.8 Å². The minimum Gasteiger partial charge on any atom is -0.495 e.